The third-order valence-electron chi connectivity index (χ3n) is 10.9. The van der Waals surface area contributed by atoms with Crippen molar-refractivity contribution in [1.82, 2.24) is 4.57 Å². The lowest BCUT2D eigenvalue weighted by Crippen LogP contribution is -2.12. The molecule has 0 aliphatic carbocycles. The van der Waals surface area contributed by atoms with Crippen molar-refractivity contribution in [2.24, 2.45) is 0 Å². The van der Waals surface area contributed by atoms with Crippen LogP contribution in [0.15, 0.2) is 188 Å². The van der Waals surface area contributed by atoms with Gasteiger partial charge in [0.15, 0.2) is 11.5 Å². The van der Waals surface area contributed by atoms with E-state index < -0.39 is 0 Å². The predicted molar refractivity (Wildman–Crippen MR) is 231 cm³/mol. The molecule has 1 aliphatic heterocycles. The fraction of sp³-hybridized carbons (Fsp3) is 0.0769. The summed E-state index contributed by atoms with van der Waals surface area (Å²) in [4.78, 5) is 2.34. The summed E-state index contributed by atoms with van der Waals surface area (Å²) in [6, 6.07) is 67.5. The summed E-state index contributed by atoms with van der Waals surface area (Å²) < 4.78 is 9.23. The van der Waals surface area contributed by atoms with E-state index in [-0.39, 0.29) is 5.41 Å². The van der Waals surface area contributed by atoms with Crippen LogP contribution >= 0.6 is 0 Å². The standard InChI is InChI=1S/C52H40N2O/c1-52(2,3)40-33-46-45-17-10-11-19-47(45)54-50-44(18-12-20-48(50)55-49(34-40)51(46)54)39-25-31-43(32-26-39)53(41-27-21-37(22-28-41)35-13-6-4-7-14-35)42-29-23-38(24-30-42)36-15-8-5-9-16-36/h4-34H,1-3H3. The number of nitrogens with zero attached hydrogens (tertiary/aromatic N) is 2. The number of aromatic nitrogens is 1. The first kappa shape index (κ1) is 32.8. The molecule has 0 spiro atoms. The Bertz CT molecular complexity index is 2750. The minimum absolute atomic E-state index is 0.0110. The molecule has 2 heterocycles. The van der Waals surface area contributed by atoms with Crippen LogP contribution < -0.4 is 9.64 Å². The Morgan fingerprint density at radius 2 is 0.945 bits per heavy atom. The second kappa shape index (κ2) is 12.9. The molecule has 0 radical (unpaired) electrons. The number of hydrogen-bond donors (Lipinski definition) is 0. The monoisotopic (exact) mass is 708 g/mol. The van der Waals surface area contributed by atoms with Crippen LogP contribution in [0.25, 0.3) is 60.9 Å². The second-order valence-corrected chi connectivity index (χ2v) is 15.4. The molecule has 55 heavy (non-hydrogen) atoms. The average Bonchev–Trinajstić information content (AvgIpc) is 3.57. The van der Waals surface area contributed by atoms with Crippen LogP contribution in [0.2, 0.25) is 0 Å². The van der Waals surface area contributed by atoms with E-state index >= 15 is 0 Å². The van der Waals surface area contributed by atoms with E-state index in [1.165, 1.54) is 44.1 Å². The van der Waals surface area contributed by atoms with Crippen molar-refractivity contribution in [2.75, 3.05) is 4.90 Å². The number of fused-ring (bicyclic) bond motifs is 5. The quantitative estimate of drug-likeness (QED) is 0.171. The van der Waals surface area contributed by atoms with Gasteiger partial charge in [0.1, 0.15) is 0 Å². The highest BCUT2D eigenvalue weighted by atomic mass is 16.5. The predicted octanol–water partition coefficient (Wildman–Crippen LogP) is 14.7. The maximum atomic E-state index is 6.81. The third kappa shape index (κ3) is 5.68. The Kier molecular flexibility index (Phi) is 7.71. The number of anilines is 3. The van der Waals surface area contributed by atoms with E-state index in [0.717, 1.165) is 50.9 Å². The Morgan fingerprint density at radius 1 is 0.436 bits per heavy atom. The van der Waals surface area contributed by atoms with Gasteiger partial charge >= 0.3 is 0 Å². The number of para-hydroxylation sites is 2. The second-order valence-electron chi connectivity index (χ2n) is 15.4. The van der Waals surface area contributed by atoms with Gasteiger partial charge in [-0.15, -0.1) is 0 Å². The van der Waals surface area contributed by atoms with Crippen molar-refractivity contribution >= 4 is 38.9 Å². The van der Waals surface area contributed by atoms with E-state index in [0.29, 0.717) is 0 Å². The van der Waals surface area contributed by atoms with Crippen molar-refractivity contribution in [3.05, 3.63) is 194 Å². The molecule has 8 aromatic carbocycles. The zero-order valence-corrected chi connectivity index (χ0v) is 31.2. The Labute approximate surface area is 322 Å². The van der Waals surface area contributed by atoms with Crippen molar-refractivity contribution in [1.29, 1.82) is 0 Å². The zero-order valence-electron chi connectivity index (χ0n) is 31.2. The fourth-order valence-electron chi connectivity index (χ4n) is 8.09. The smallest absolute Gasteiger partial charge is 0.152 e. The molecule has 3 nitrogen and oxygen atoms in total. The minimum atomic E-state index is -0.0110. The number of rotatable bonds is 6. The SMILES string of the molecule is CC(C)(C)c1cc2c3c(c1)c1ccccc1n3-c1c(cccc1-c1ccc(N(c3ccc(-c4ccccc4)cc3)c3ccc(-c4ccccc4)cc3)cc1)O2. The summed E-state index contributed by atoms with van der Waals surface area (Å²) in [7, 11) is 0. The van der Waals surface area contributed by atoms with E-state index in [2.05, 4.69) is 218 Å². The van der Waals surface area contributed by atoms with Gasteiger partial charge in [-0.25, -0.2) is 0 Å². The molecule has 1 aliphatic rings. The number of benzene rings is 8. The summed E-state index contributed by atoms with van der Waals surface area (Å²) in [5.74, 6) is 1.77. The van der Waals surface area contributed by atoms with Crippen molar-refractivity contribution in [3.63, 3.8) is 0 Å². The van der Waals surface area contributed by atoms with Gasteiger partial charge in [0.25, 0.3) is 0 Å². The van der Waals surface area contributed by atoms with Gasteiger partial charge in [-0.1, -0.05) is 148 Å². The highest BCUT2D eigenvalue weighted by molar-refractivity contribution is 6.13. The molecule has 9 aromatic rings. The molecular weight excluding hydrogens is 669 g/mol. The summed E-state index contributed by atoms with van der Waals surface area (Å²) in [6.07, 6.45) is 0. The molecule has 264 valence electrons. The van der Waals surface area contributed by atoms with E-state index in [9.17, 15) is 0 Å². The molecule has 0 amide bonds. The van der Waals surface area contributed by atoms with Crippen molar-refractivity contribution in [3.8, 4) is 50.6 Å². The molecule has 0 N–H and O–H groups in total. The van der Waals surface area contributed by atoms with Gasteiger partial charge in [0.2, 0.25) is 0 Å². The van der Waals surface area contributed by atoms with Crippen LogP contribution in [0, 0.1) is 0 Å². The van der Waals surface area contributed by atoms with E-state index in [4.69, 9.17) is 4.74 Å². The van der Waals surface area contributed by atoms with E-state index in [1.807, 2.05) is 0 Å². The lowest BCUT2D eigenvalue weighted by atomic mass is 9.86. The number of ether oxygens (including phenoxy) is 1. The van der Waals surface area contributed by atoms with Gasteiger partial charge in [-0.05, 0) is 99.5 Å². The maximum absolute atomic E-state index is 6.81. The van der Waals surface area contributed by atoms with E-state index in [1.54, 1.807) is 0 Å². The van der Waals surface area contributed by atoms with Gasteiger partial charge in [-0.3, -0.25) is 0 Å². The maximum Gasteiger partial charge on any atom is 0.152 e. The molecule has 1 aromatic heterocycles. The zero-order chi connectivity index (χ0) is 37.1. The summed E-state index contributed by atoms with van der Waals surface area (Å²) in [6.45, 7) is 6.79. The van der Waals surface area contributed by atoms with Crippen LogP contribution in [-0.2, 0) is 5.41 Å². The molecule has 0 saturated heterocycles. The molecular formula is C52H40N2O. The van der Waals surface area contributed by atoms with Crippen LogP contribution in [0.5, 0.6) is 11.5 Å². The summed E-state index contributed by atoms with van der Waals surface area (Å²) in [5.41, 5.74) is 15.0. The normalized spacial score (nSPS) is 12.1. The average molecular weight is 709 g/mol. The highest BCUT2D eigenvalue weighted by Crippen LogP contribution is 2.50. The fourth-order valence-corrected chi connectivity index (χ4v) is 8.09. The lowest BCUT2D eigenvalue weighted by molar-refractivity contribution is 0.473. The minimum Gasteiger partial charge on any atom is -0.453 e. The molecule has 0 bridgehead atoms. The molecule has 0 unspecified atom stereocenters. The third-order valence-corrected chi connectivity index (χ3v) is 10.9. The van der Waals surface area contributed by atoms with Crippen molar-refractivity contribution in [2.45, 2.75) is 26.2 Å². The Hall–Kier alpha value is -6.84. The van der Waals surface area contributed by atoms with Gasteiger partial charge < -0.3 is 14.2 Å². The largest absolute Gasteiger partial charge is 0.453 e. The van der Waals surface area contributed by atoms with Gasteiger partial charge in [-0.2, -0.15) is 0 Å². The number of hydrogen-bond acceptors (Lipinski definition) is 2. The molecule has 3 heteroatoms. The van der Waals surface area contributed by atoms with Gasteiger partial charge in [0, 0.05) is 33.4 Å². The topological polar surface area (TPSA) is 17.4 Å². The summed E-state index contributed by atoms with van der Waals surface area (Å²) >= 11 is 0. The highest BCUT2D eigenvalue weighted by Gasteiger charge is 2.29. The molecule has 0 saturated carbocycles. The molecule has 0 atom stereocenters. The first-order valence-electron chi connectivity index (χ1n) is 19.0. The van der Waals surface area contributed by atoms with Crippen LogP contribution in [-0.4, -0.2) is 4.57 Å². The van der Waals surface area contributed by atoms with Crippen LogP contribution in [0.4, 0.5) is 17.1 Å². The van der Waals surface area contributed by atoms with Crippen molar-refractivity contribution < 1.29 is 4.74 Å². The Morgan fingerprint density at radius 3 is 1.51 bits per heavy atom. The summed E-state index contributed by atoms with van der Waals surface area (Å²) in [5, 5.41) is 2.46. The first-order valence-corrected chi connectivity index (χ1v) is 19.0. The Balaban J connectivity index is 1.08. The molecule has 0 fully saturated rings. The lowest BCUT2D eigenvalue weighted by Gasteiger charge is -2.27. The molecule has 10 rings (SSSR count). The van der Waals surface area contributed by atoms with Crippen LogP contribution in [0.3, 0.4) is 0 Å². The van der Waals surface area contributed by atoms with Crippen LogP contribution in [0.1, 0.15) is 26.3 Å². The van der Waals surface area contributed by atoms with Gasteiger partial charge in [0.05, 0.1) is 16.7 Å². The first-order chi connectivity index (χ1) is 26.9.